The molecule has 4 nitrogen and oxygen atoms in total. The summed E-state index contributed by atoms with van der Waals surface area (Å²) in [4.78, 5) is 24.4. The van der Waals surface area contributed by atoms with Crippen LogP contribution in [0, 0.1) is 0 Å². The Morgan fingerprint density at radius 2 is 1.95 bits per heavy atom. The molecule has 1 aromatic carbocycles. The lowest BCUT2D eigenvalue weighted by Gasteiger charge is -2.05. The Morgan fingerprint density at radius 1 is 1.24 bits per heavy atom. The van der Waals surface area contributed by atoms with Crippen molar-refractivity contribution in [1.82, 2.24) is 5.32 Å². The highest BCUT2D eigenvalue weighted by Crippen LogP contribution is 2.19. The van der Waals surface area contributed by atoms with Crippen molar-refractivity contribution >= 4 is 23.5 Å². The fourth-order valence-electron chi connectivity index (χ4n) is 1.71. The van der Waals surface area contributed by atoms with E-state index in [0.29, 0.717) is 25.3 Å². The molecule has 0 saturated carbocycles. The number of ether oxygens (including phenoxy) is 1. The molecule has 0 heterocycles. The standard InChI is InChI=1S/C16H23NO3S/c1-3-4-5-15(18)13-6-8-14(9-7-13)21-12-16(19)17-10-11-20-2/h6-9H,3-5,10-12H2,1-2H3,(H,17,19). The van der Waals surface area contributed by atoms with Crippen molar-refractivity contribution in [3.05, 3.63) is 29.8 Å². The molecular weight excluding hydrogens is 286 g/mol. The maximum absolute atomic E-state index is 11.8. The number of benzene rings is 1. The van der Waals surface area contributed by atoms with Crippen molar-refractivity contribution in [2.24, 2.45) is 0 Å². The van der Waals surface area contributed by atoms with Gasteiger partial charge < -0.3 is 10.1 Å². The summed E-state index contributed by atoms with van der Waals surface area (Å²) in [5.41, 5.74) is 0.748. The minimum atomic E-state index is -0.0138. The number of carbonyl (C=O) groups excluding carboxylic acids is 2. The lowest BCUT2D eigenvalue weighted by molar-refractivity contribution is -0.118. The summed E-state index contributed by atoms with van der Waals surface area (Å²) in [5.74, 6) is 0.540. The molecule has 1 rings (SSSR count). The molecule has 0 aliphatic rings. The molecule has 0 unspecified atom stereocenters. The van der Waals surface area contributed by atoms with Crippen LogP contribution in [-0.2, 0) is 9.53 Å². The van der Waals surface area contributed by atoms with Crippen molar-refractivity contribution < 1.29 is 14.3 Å². The Balaban J connectivity index is 2.37. The van der Waals surface area contributed by atoms with Crippen LogP contribution in [0.3, 0.4) is 0 Å². The first kappa shape index (κ1) is 17.7. The molecule has 0 atom stereocenters. The topological polar surface area (TPSA) is 55.4 Å². The number of rotatable bonds is 10. The van der Waals surface area contributed by atoms with Gasteiger partial charge in [-0.15, -0.1) is 11.8 Å². The van der Waals surface area contributed by atoms with Crippen LogP contribution < -0.4 is 5.32 Å². The molecule has 0 aliphatic heterocycles. The monoisotopic (exact) mass is 309 g/mol. The van der Waals surface area contributed by atoms with E-state index in [0.717, 1.165) is 23.3 Å². The number of carbonyl (C=O) groups is 2. The van der Waals surface area contributed by atoms with Gasteiger partial charge in [0.15, 0.2) is 5.78 Å². The summed E-state index contributed by atoms with van der Waals surface area (Å²) in [5, 5.41) is 2.77. The zero-order chi connectivity index (χ0) is 15.5. The third-order valence-electron chi connectivity index (χ3n) is 2.93. The van der Waals surface area contributed by atoms with Crippen molar-refractivity contribution in [3.63, 3.8) is 0 Å². The summed E-state index contributed by atoms with van der Waals surface area (Å²) >= 11 is 1.46. The zero-order valence-electron chi connectivity index (χ0n) is 12.7. The van der Waals surface area contributed by atoms with Gasteiger partial charge in [-0.1, -0.05) is 25.5 Å². The lowest BCUT2D eigenvalue weighted by atomic mass is 10.1. The predicted octanol–water partition coefficient (Wildman–Crippen LogP) is 2.91. The molecule has 0 fully saturated rings. The molecule has 0 spiro atoms. The molecule has 1 amide bonds. The van der Waals surface area contributed by atoms with Gasteiger partial charge in [0, 0.05) is 30.5 Å². The highest BCUT2D eigenvalue weighted by molar-refractivity contribution is 8.00. The first-order valence-electron chi connectivity index (χ1n) is 7.19. The quantitative estimate of drug-likeness (QED) is 0.410. The highest BCUT2D eigenvalue weighted by atomic mass is 32.2. The van der Waals surface area contributed by atoms with Gasteiger partial charge in [0.1, 0.15) is 0 Å². The summed E-state index contributed by atoms with van der Waals surface area (Å²) < 4.78 is 4.87. The van der Waals surface area contributed by atoms with Gasteiger partial charge in [0.05, 0.1) is 12.4 Å². The zero-order valence-corrected chi connectivity index (χ0v) is 13.5. The maximum Gasteiger partial charge on any atom is 0.230 e. The first-order chi connectivity index (χ1) is 10.2. The van der Waals surface area contributed by atoms with E-state index in [4.69, 9.17) is 4.74 Å². The van der Waals surface area contributed by atoms with Crippen LogP contribution in [0.2, 0.25) is 0 Å². The molecule has 21 heavy (non-hydrogen) atoms. The Bertz CT molecular complexity index is 445. The second kappa shape index (κ2) is 10.4. The third kappa shape index (κ3) is 7.29. The summed E-state index contributed by atoms with van der Waals surface area (Å²) in [7, 11) is 1.60. The number of hydrogen-bond donors (Lipinski definition) is 1. The van der Waals surface area contributed by atoms with Gasteiger partial charge in [-0.2, -0.15) is 0 Å². The number of ketones is 1. The van der Waals surface area contributed by atoms with E-state index in [9.17, 15) is 9.59 Å². The molecule has 116 valence electrons. The van der Waals surface area contributed by atoms with Crippen LogP contribution in [0.25, 0.3) is 0 Å². The van der Waals surface area contributed by atoms with Crippen molar-refractivity contribution in [3.8, 4) is 0 Å². The molecular formula is C16H23NO3S. The molecule has 1 aromatic rings. The van der Waals surface area contributed by atoms with Crippen LogP contribution in [0.15, 0.2) is 29.2 Å². The van der Waals surface area contributed by atoms with Gasteiger partial charge in [0.25, 0.3) is 0 Å². The number of hydrogen-bond acceptors (Lipinski definition) is 4. The van der Waals surface area contributed by atoms with E-state index < -0.39 is 0 Å². The van der Waals surface area contributed by atoms with Crippen LogP contribution in [-0.4, -0.2) is 37.7 Å². The Labute approximate surface area is 130 Å². The van der Waals surface area contributed by atoms with E-state index >= 15 is 0 Å². The number of nitrogens with one attached hydrogen (secondary N) is 1. The molecule has 1 N–H and O–H groups in total. The van der Waals surface area contributed by atoms with E-state index in [1.807, 2.05) is 24.3 Å². The summed E-state index contributed by atoms with van der Waals surface area (Å²) in [6.07, 6.45) is 2.56. The third-order valence-corrected chi connectivity index (χ3v) is 3.94. The van der Waals surface area contributed by atoms with Crippen LogP contribution in [0.5, 0.6) is 0 Å². The van der Waals surface area contributed by atoms with Gasteiger partial charge in [-0.3, -0.25) is 9.59 Å². The number of Topliss-reactive ketones (excluding diaryl/α,β-unsaturated/α-hetero) is 1. The summed E-state index contributed by atoms with van der Waals surface area (Å²) in [6, 6.07) is 7.46. The second-order valence-electron chi connectivity index (χ2n) is 4.68. The predicted molar refractivity (Wildman–Crippen MR) is 85.9 cm³/mol. The minimum Gasteiger partial charge on any atom is -0.383 e. The number of methoxy groups -OCH3 is 1. The van der Waals surface area contributed by atoms with Crippen molar-refractivity contribution in [1.29, 1.82) is 0 Å². The largest absolute Gasteiger partial charge is 0.383 e. The van der Waals surface area contributed by atoms with Gasteiger partial charge in [-0.25, -0.2) is 0 Å². The van der Waals surface area contributed by atoms with Crippen LogP contribution >= 0.6 is 11.8 Å². The van der Waals surface area contributed by atoms with Crippen molar-refractivity contribution in [2.75, 3.05) is 26.0 Å². The number of unbranched alkanes of at least 4 members (excludes halogenated alkanes) is 1. The summed E-state index contributed by atoms with van der Waals surface area (Å²) in [6.45, 7) is 3.12. The molecule has 0 aliphatic carbocycles. The van der Waals surface area contributed by atoms with Crippen molar-refractivity contribution in [2.45, 2.75) is 31.1 Å². The Hall–Kier alpha value is -1.33. The number of amides is 1. The van der Waals surface area contributed by atoms with Gasteiger partial charge >= 0.3 is 0 Å². The normalized spacial score (nSPS) is 10.4. The van der Waals surface area contributed by atoms with E-state index in [1.54, 1.807) is 7.11 Å². The molecule has 0 bridgehead atoms. The fourth-order valence-corrected chi connectivity index (χ4v) is 2.44. The molecule has 5 heteroatoms. The molecule has 0 radical (unpaired) electrons. The highest BCUT2D eigenvalue weighted by Gasteiger charge is 2.06. The Morgan fingerprint density at radius 3 is 2.57 bits per heavy atom. The minimum absolute atomic E-state index is 0.0138. The van der Waals surface area contributed by atoms with E-state index in [2.05, 4.69) is 12.2 Å². The van der Waals surface area contributed by atoms with Gasteiger partial charge in [-0.05, 0) is 18.6 Å². The Kier molecular flexibility index (Phi) is 8.78. The first-order valence-corrected chi connectivity index (χ1v) is 8.17. The SMILES string of the molecule is CCCCC(=O)c1ccc(SCC(=O)NCCOC)cc1. The van der Waals surface area contributed by atoms with E-state index in [1.165, 1.54) is 11.8 Å². The van der Waals surface area contributed by atoms with Gasteiger partial charge in [0.2, 0.25) is 5.91 Å². The maximum atomic E-state index is 11.8. The average Bonchev–Trinajstić information content (AvgIpc) is 2.51. The van der Waals surface area contributed by atoms with Crippen LogP contribution in [0.1, 0.15) is 36.5 Å². The number of thioether (sulfide) groups is 1. The fraction of sp³-hybridized carbons (Fsp3) is 0.500. The van der Waals surface area contributed by atoms with E-state index in [-0.39, 0.29) is 11.7 Å². The second-order valence-corrected chi connectivity index (χ2v) is 5.73. The molecule has 0 aromatic heterocycles. The van der Waals surface area contributed by atoms with Crippen LogP contribution in [0.4, 0.5) is 0 Å². The smallest absolute Gasteiger partial charge is 0.230 e. The average molecular weight is 309 g/mol. The lowest BCUT2D eigenvalue weighted by Crippen LogP contribution is -2.28. The molecule has 0 saturated heterocycles.